The van der Waals surface area contributed by atoms with Gasteiger partial charge in [0.25, 0.3) is 5.91 Å². The van der Waals surface area contributed by atoms with E-state index in [1.807, 2.05) is 24.3 Å². The number of halogens is 1. The number of rotatable bonds is 5. The molecule has 1 amide bonds. The van der Waals surface area contributed by atoms with Crippen molar-refractivity contribution < 1.29 is 4.79 Å². The Bertz CT molecular complexity index is 964. The molecule has 126 valence electrons. The van der Waals surface area contributed by atoms with E-state index in [1.54, 1.807) is 36.5 Å². The standard InChI is InChI=1S/C17H14ClN5OS/c18-14-9-5-4-8-13(14)10-20-23-15(21-22-17(23)25)11-19-16(24)12-6-2-1-3-7-12/h1-10H,11H2,(H,19,24)(H,22,25)/b20-10+. The van der Waals surface area contributed by atoms with Crippen molar-refractivity contribution in [1.29, 1.82) is 0 Å². The lowest BCUT2D eigenvalue weighted by Gasteiger charge is -2.04. The zero-order chi connectivity index (χ0) is 17.6. The number of hydrogen-bond donors (Lipinski definition) is 2. The van der Waals surface area contributed by atoms with Crippen LogP contribution in [-0.2, 0) is 6.54 Å². The third-order valence-electron chi connectivity index (χ3n) is 3.38. The van der Waals surface area contributed by atoms with Gasteiger partial charge in [0.05, 0.1) is 12.8 Å². The summed E-state index contributed by atoms with van der Waals surface area (Å²) in [5.74, 6) is 0.286. The summed E-state index contributed by atoms with van der Waals surface area (Å²) in [5.41, 5.74) is 1.33. The molecule has 0 aliphatic heterocycles. The number of carbonyl (C=O) groups excluding carboxylic acids is 1. The van der Waals surface area contributed by atoms with Gasteiger partial charge in [0, 0.05) is 16.1 Å². The highest BCUT2D eigenvalue weighted by atomic mass is 35.5. The molecule has 8 heteroatoms. The predicted octanol–water partition coefficient (Wildman–Crippen LogP) is 3.41. The molecule has 0 saturated carbocycles. The van der Waals surface area contributed by atoms with E-state index in [1.165, 1.54) is 4.68 Å². The molecular weight excluding hydrogens is 358 g/mol. The van der Waals surface area contributed by atoms with Crippen molar-refractivity contribution in [3.05, 3.63) is 81.3 Å². The lowest BCUT2D eigenvalue weighted by Crippen LogP contribution is -2.24. The summed E-state index contributed by atoms with van der Waals surface area (Å²) in [6, 6.07) is 16.3. The maximum Gasteiger partial charge on any atom is 0.251 e. The van der Waals surface area contributed by atoms with Crippen LogP contribution in [0, 0.1) is 4.77 Å². The summed E-state index contributed by atoms with van der Waals surface area (Å²) in [4.78, 5) is 12.1. The molecule has 2 aromatic carbocycles. The number of aromatic amines is 1. The third-order valence-corrected chi connectivity index (χ3v) is 3.99. The monoisotopic (exact) mass is 371 g/mol. The number of nitrogens with one attached hydrogen (secondary N) is 2. The average molecular weight is 372 g/mol. The molecule has 25 heavy (non-hydrogen) atoms. The van der Waals surface area contributed by atoms with Crippen molar-refractivity contribution in [2.24, 2.45) is 5.10 Å². The van der Waals surface area contributed by atoms with Gasteiger partial charge in [-0.3, -0.25) is 9.89 Å². The van der Waals surface area contributed by atoms with Crippen molar-refractivity contribution in [2.45, 2.75) is 6.54 Å². The fourth-order valence-corrected chi connectivity index (χ4v) is 2.49. The van der Waals surface area contributed by atoms with E-state index in [-0.39, 0.29) is 12.5 Å². The van der Waals surface area contributed by atoms with E-state index in [0.717, 1.165) is 5.56 Å². The van der Waals surface area contributed by atoms with Crippen molar-refractivity contribution >= 4 is 35.9 Å². The molecule has 3 rings (SSSR count). The first-order valence-corrected chi connectivity index (χ1v) is 8.22. The molecule has 0 saturated heterocycles. The highest BCUT2D eigenvalue weighted by Gasteiger charge is 2.09. The van der Waals surface area contributed by atoms with Gasteiger partial charge in [0.1, 0.15) is 0 Å². The predicted molar refractivity (Wildman–Crippen MR) is 99.5 cm³/mol. The second-order valence-electron chi connectivity index (χ2n) is 5.07. The van der Waals surface area contributed by atoms with E-state index in [4.69, 9.17) is 23.8 Å². The molecule has 0 spiro atoms. The van der Waals surface area contributed by atoms with Crippen LogP contribution in [-0.4, -0.2) is 27.0 Å². The lowest BCUT2D eigenvalue weighted by atomic mass is 10.2. The number of H-pyrrole nitrogens is 1. The fourth-order valence-electron chi connectivity index (χ4n) is 2.11. The van der Waals surface area contributed by atoms with E-state index >= 15 is 0 Å². The smallest absolute Gasteiger partial charge is 0.251 e. The van der Waals surface area contributed by atoms with Crippen molar-refractivity contribution in [3.8, 4) is 0 Å². The van der Waals surface area contributed by atoms with Crippen molar-refractivity contribution in [3.63, 3.8) is 0 Å². The van der Waals surface area contributed by atoms with Gasteiger partial charge < -0.3 is 5.32 Å². The zero-order valence-corrected chi connectivity index (χ0v) is 14.6. The van der Waals surface area contributed by atoms with Crippen molar-refractivity contribution in [1.82, 2.24) is 20.2 Å². The molecule has 1 heterocycles. The van der Waals surface area contributed by atoms with Crippen LogP contribution in [0.2, 0.25) is 5.02 Å². The summed E-state index contributed by atoms with van der Waals surface area (Å²) in [7, 11) is 0. The second kappa shape index (κ2) is 7.87. The number of amides is 1. The van der Waals surface area contributed by atoms with Crippen LogP contribution < -0.4 is 5.32 Å². The topological polar surface area (TPSA) is 75.1 Å². The molecule has 2 N–H and O–H groups in total. The van der Waals surface area contributed by atoms with E-state index in [0.29, 0.717) is 21.2 Å². The first-order chi connectivity index (χ1) is 12.1. The van der Waals surface area contributed by atoms with Crippen LogP contribution in [0.15, 0.2) is 59.7 Å². The van der Waals surface area contributed by atoms with E-state index < -0.39 is 0 Å². The summed E-state index contributed by atoms with van der Waals surface area (Å²) < 4.78 is 1.77. The minimum atomic E-state index is -0.198. The Labute approximate surface area is 154 Å². The van der Waals surface area contributed by atoms with Gasteiger partial charge in [0.15, 0.2) is 5.82 Å². The van der Waals surface area contributed by atoms with Crippen LogP contribution in [0.5, 0.6) is 0 Å². The van der Waals surface area contributed by atoms with Crippen LogP contribution >= 0.6 is 23.8 Å². The number of nitrogens with zero attached hydrogens (tertiary/aromatic N) is 3. The Kier molecular flexibility index (Phi) is 5.37. The highest BCUT2D eigenvalue weighted by Crippen LogP contribution is 2.12. The molecule has 0 unspecified atom stereocenters. The molecule has 0 aliphatic rings. The van der Waals surface area contributed by atoms with Crippen molar-refractivity contribution in [2.75, 3.05) is 0 Å². The molecule has 0 aliphatic carbocycles. The molecule has 6 nitrogen and oxygen atoms in total. The number of aromatic nitrogens is 3. The van der Waals surface area contributed by atoms with Crippen LogP contribution in [0.3, 0.4) is 0 Å². The molecule has 0 atom stereocenters. The average Bonchev–Trinajstić information content (AvgIpc) is 2.99. The van der Waals surface area contributed by atoms with Gasteiger partial charge in [-0.1, -0.05) is 48.0 Å². The molecule has 0 fully saturated rings. The minimum absolute atomic E-state index is 0.181. The van der Waals surface area contributed by atoms with E-state index in [2.05, 4.69) is 20.6 Å². The Morgan fingerprint density at radius 1 is 1.24 bits per heavy atom. The summed E-state index contributed by atoms with van der Waals surface area (Å²) >= 11 is 11.3. The quantitative estimate of drug-likeness (QED) is 0.533. The number of carbonyl (C=O) groups is 1. The van der Waals surface area contributed by atoms with Gasteiger partial charge in [-0.15, -0.1) is 0 Å². The largest absolute Gasteiger partial charge is 0.345 e. The number of benzene rings is 2. The first-order valence-electron chi connectivity index (χ1n) is 7.43. The molecular formula is C17H14ClN5OS. The Morgan fingerprint density at radius 2 is 1.96 bits per heavy atom. The van der Waals surface area contributed by atoms with Gasteiger partial charge in [-0.2, -0.15) is 14.9 Å². The first kappa shape index (κ1) is 17.1. The number of hydrogen-bond acceptors (Lipinski definition) is 4. The highest BCUT2D eigenvalue weighted by molar-refractivity contribution is 7.71. The van der Waals surface area contributed by atoms with Gasteiger partial charge in [0.2, 0.25) is 4.77 Å². The normalized spacial score (nSPS) is 10.9. The summed E-state index contributed by atoms with van der Waals surface area (Å²) in [6.45, 7) is 0.181. The molecule has 0 bridgehead atoms. The van der Waals surface area contributed by atoms with Gasteiger partial charge in [-0.05, 0) is 30.4 Å². The van der Waals surface area contributed by atoms with Crippen LogP contribution in [0.25, 0.3) is 0 Å². The van der Waals surface area contributed by atoms with Crippen LogP contribution in [0.4, 0.5) is 0 Å². The SMILES string of the molecule is O=C(NCc1n[nH]c(=S)n1/N=C/c1ccccc1Cl)c1ccccc1. The maximum absolute atomic E-state index is 12.1. The lowest BCUT2D eigenvalue weighted by molar-refractivity contribution is 0.0949. The van der Waals surface area contributed by atoms with E-state index in [9.17, 15) is 4.79 Å². The summed E-state index contributed by atoms with van der Waals surface area (Å²) in [6.07, 6.45) is 1.59. The Balaban J connectivity index is 1.75. The Hall–Kier alpha value is -2.77. The second-order valence-corrected chi connectivity index (χ2v) is 5.87. The third kappa shape index (κ3) is 4.20. The zero-order valence-electron chi connectivity index (χ0n) is 13.0. The maximum atomic E-state index is 12.1. The molecule has 0 radical (unpaired) electrons. The molecule has 1 aromatic heterocycles. The Morgan fingerprint density at radius 3 is 2.72 bits per heavy atom. The van der Waals surface area contributed by atoms with Gasteiger partial charge in [-0.25, -0.2) is 0 Å². The summed E-state index contributed by atoms with van der Waals surface area (Å²) in [5, 5.41) is 14.4. The minimum Gasteiger partial charge on any atom is -0.345 e. The fraction of sp³-hybridized carbons (Fsp3) is 0.0588. The van der Waals surface area contributed by atoms with Crippen LogP contribution in [0.1, 0.15) is 21.7 Å². The van der Waals surface area contributed by atoms with Gasteiger partial charge >= 0.3 is 0 Å². The molecule has 3 aromatic rings.